The van der Waals surface area contributed by atoms with Gasteiger partial charge in [0.05, 0.1) is 16.8 Å². The van der Waals surface area contributed by atoms with Crippen LogP contribution in [0.1, 0.15) is 30.9 Å². The maximum absolute atomic E-state index is 13.1. The summed E-state index contributed by atoms with van der Waals surface area (Å²) in [4.78, 5) is 4.88. The molecule has 1 atom stereocenters. The Hall–Kier alpha value is -2.55. The Labute approximate surface area is 187 Å². The van der Waals surface area contributed by atoms with E-state index in [1.165, 1.54) is 16.9 Å². The summed E-state index contributed by atoms with van der Waals surface area (Å²) in [5, 5.41) is 6.79. The molecule has 2 heterocycles. The van der Waals surface area contributed by atoms with Crippen molar-refractivity contribution in [2.75, 3.05) is 18.5 Å². The van der Waals surface area contributed by atoms with Crippen molar-refractivity contribution >= 4 is 32.7 Å². The Kier molecular flexibility index (Phi) is 6.50. The molecule has 1 aliphatic rings. The number of hydrazone groups is 1. The van der Waals surface area contributed by atoms with Gasteiger partial charge in [-0.2, -0.15) is 9.41 Å². The molecule has 3 aromatic rings. The third-order valence-corrected chi connectivity index (χ3v) is 7.95. The number of piperidine rings is 1. The second kappa shape index (κ2) is 9.30. The van der Waals surface area contributed by atoms with Gasteiger partial charge in [0, 0.05) is 24.0 Å². The van der Waals surface area contributed by atoms with Crippen LogP contribution in [0.15, 0.2) is 63.9 Å². The van der Waals surface area contributed by atoms with Gasteiger partial charge in [-0.1, -0.05) is 48.9 Å². The summed E-state index contributed by atoms with van der Waals surface area (Å²) in [5.74, 6) is 0.388. The van der Waals surface area contributed by atoms with E-state index in [2.05, 4.69) is 22.4 Å². The van der Waals surface area contributed by atoms with Crippen molar-refractivity contribution in [3.8, 4) is 11.3 Å². The summed E-state index contributed by atoms with van der Waals surface area (Å²) >= 11 is 1.43. The number of hydrogen-bond donors (Lipinski definition) is 1. The Bertz CT molecular complexity index is 1170. The van der Waals surface area contributed by atoms with Crippen LogP contribution in [0.4, 0.5) is 5.13 Å². The SMILES string of the molecule is Cc1ccc(/C=N/Nc2nc(-c3cccc(S(=O)(=O)N4CCCC(C)C4)c3)cs2)cc1. The third kappa shape index (κ3) is 5.20. The lowest BCUT2D eigenvalue weighted by atomic mass is 10.0. The van der Waals surface area contributed by atoms with Gasteiger partial charge in [0.25, 0.3) is 0 Å². The smallest absolute Gasteiger partial charge is 0.243 e. The molecule has 1 unspecified atom stereocenters. The first kappa shape index (κ1) is 21.7. The van der Waals surface area contributed by atoms with Crippen LogP contribution in [-0.4, -0.2) is 37.0 Å². The van der Waals surface area contributed by atoms with Crippen LogP contribution >= 0.6 is 11.3 Å². The topological polar surface area (TPSA) is 74.7 Å². The molecule has 0 spiro atoms. The van der Waals surface area contributed by atoms with Crippen LogP contribution < -0.4 is 5.43 Å². The molecular weight excluding hydrogens is 428 g/mol. The predicted molar refractivity (Wildman–Crippen MR) is 127 cm³/mol. The number of sulfonamides is 1. The molecule has 8 heteroatoms. The average molecular weight is 455 g/mol. The van der Waals surface area contributed by atoms with E-state index >= 15 is 0 Å². The second-order valence-corrected chi connectivity index (χ2v) is 10.8. The number of rotatable bonds is 6. The van der Waals surface area contributed by atoms with Gasteiger partial charge >= 0.3 is 0 Å². The fourth-order valence-corrected chi connectivity index (χ4v) is 5.92. The molecule has 6 nitrogen and oxygen atoms in total. The first-order valence-corrected chi connectivity index (χ1v) is 12.7. The fraction of sp³-hybridized carbons (Fsp3) is 0.304. The van der Waals surface area contributed by atoms with Crippen molar-refractivity contribution in [2.24, 2.45) is 11.0 Å². The van der Waals surface area contributed by atoms with Gasteiger partial charge in [-0.15, -0.1) is 11.3 Å². The number of aryl methyl sites for hydroxylation is 1. The van der Waals surface area contributed by atoms with Crippen LogP contribution in [-0.2, 0) is 10.0 Å². The fourth-order valence-electron chi connectivity index (χ4n) is 3.60. The van der Waals surface area contributed by atoms with Gasteiger partial charge in [0.1, 0.15) is 0 Å². The van der Waals surface area contributed by atoms with Gasteiger partial charge < -0.3 is 0 Å². The lowest BCUT2D eigenvalue weighted by Gasteiger charge is -2.30. The van der Waals surface area contributed by atoms with Crippen molar-refractivity contribution in [1.29, 1.82) is 0 Å². The minimum Gasteiger partial charge on any atom is -0.253 e. The van der Waals surface area contributed by atoms with Crippen molar-refractivity contribution in [2.45, 2.75) is 31.6 Å². The Balaban J connectivity index is 1.48. The van der Waals surface area contributed by atoms with Crippen LogP contribution in [0.2, 0.25) is 0 Å². The van der Waals surface area contributed by atoms with Crippen molar-refractivity contribution < 1.29 is 8.42 Å². The van der Waals surface area contributed by atoms with Gasteiger partial charge in [-0.25, -0.2) is 13.4 Å². The number of hydrogen-bond acceptors (Lipinski definition) is 6. The molecule has 0 saturated carbocycles. The molecule has 0 bridgehead atoms. The highest BCUT2D eigenvalue weighted by atomic mass is 32.2. The van der Waals surface area contributed by atoms with E-state index in [0.29, 0.717) is 29.0 Å². The highest BCUT2D eigenvalue weighted by Crippen LogP contribution is 2.29. The molecule has 0 amide bonds. The number of benzene rings is 2. The molecule has 0 aliphatic carbocycles. The normalized spacial score (nSPS) is 17.8. The maximum atomic E-state index is 13.1. The first-order chi connectivity index (χ1) is 14.9. The van der Waals surface area contributed by atoms with E-state index in [9.17, 15) is 8.42 Å². The highest BCUT2D eigenvalue weighted by Gasteiger charge is 2.28. The van der Waals surface area contributed by atoms with E-state index in [1.54, 1.807) is 28.7 Å². The Morgan fingerprint density at radius 1 is 1.23 bits per heavy atom. The lowest BCUT2D eigenvalue weighted by molar-refractivity contribution is 0.281. The standard InChI is InChI=1S/C23H26N4O2S2/c1-17-8-10-19(11-9-17)14-24-26-23-25-22(16-30-23)20-6-3-7-21(13-20)31(28,29)27-12-4-5-18(2)15-27/h3,6-11,13-14,16,18H,4-5,12,15H2,1-2H3,(H,25,26)/b24-14+. The molecule has 1 aromatic heterocycles. The monoisotopic (exact) mass is 454 g/mol. The molecule has 1 saturated heterocycles. The molecule has 0 radical (unpaired) electrons. The molecule has 31 heavy (non-hydrogen) atoms. The number of anilines is 1. The van der Waals surface area contributed by atoms with Crippen molar-refractivity contribution in [3.63, 3.8) is 0 Å². The van der Waals surface area contributed by atoms with E-state index < -0.39 is 10.0 Å². The zero-order chi connectivity index (χ0) is 21.8. The minimum atomic E-state index is -3.50. The molecule has 1 N–H and O–H groups in total. The maximum Gasteiger partial charge on any atom is 0.243 e. The number of aromatic nitrogens is 1. The van der Waals surface area contributed by atoms with E-state index in [1.807, 2.05) is 42.6 Å². The number of thiazole rings is 1. The molecule has 162 valence electrons. The Morgan fingerprint density at radius 3 is 2.81 bits per heavy atom. The summed E-state index contributed by atoms with van der Waals surface area (Å²) in [6, 6.07) is 15.1. The van der Waals surface area contributed by atoms with Crippen LogP contribution in [0, 0.1) is 12.8 Å². The van der Waals surface area contributed by atoms with E-state index in [0.717, 1.165) is 29.7 Å². The Morgan fingerprint density at radius 2 is 2.03 bits per heavy atom. The highest BCUT2D eigenvalue weighted by molar-refractivity contribution is 7.89. The lowest BCUT2D eigenvalue weighted by Crippen LogP contribution is -2.39. The summed E-state index contributed by atoms with van der Waals surface area (Å²) in [7, 11) is -3.50. The molecule has 2 aromatic carbocycles. The first-order valence-electron chi connectivity index (χ1n) is 10.3. The average Bonchev–Trinajstić information content (AvgIpc) is 3.24. The summed E-state index contributed by atoms with van der Waals surface area (Å²) in [5.41, 5.74) is 6.65. The molecule has 1 aliphatic heterocycles. The summed E-state index contributed by atoms with van der Waals surface area (Å²) in [6.07, 6.45) is 3.73. The van der Waals surface area contributed by atoms with Crippen molar-refractivity contribution in [3.05, 3.63) is 65.0 Å². The number of nitrogens with zero attached hydrogens (tertiary/aromatic N) is 3. The van der Waals surface area contributed by atoms with Gasteiger partial charge in [-0.05, 0) is 43.4 Å². The summed E-state index contributed by atoms with van der Waals surface area (Å²) in [6.45, 7) is 5.31. The number of nitrogens with one attached hydrogen (secondary N) is 1. The molecular formula is C23H26N4O2S2. The van der Waals surface area contributed by atoms with Gasteiger partial charge in [-0.3, -0.25) is 5.43 Å². The van der Waals surface area contributed by atoms with Crippen LogP contribution in [0.25, 0.3) is 11.3 Å². The molecule has 1 fully saturated rings. The summed E-state index contributed by atoms with van der Waals surface area (Å²) < 4.78 is 27.8. The van der Waals surface area contributed by atoms with Gasteiger partial charge in [0.2, 0.25) is 15.2 Å². The van der Waals surface area contributed by atoms with Crippen LogP contribution in [0.5, 0.6) is 0 Å². The zero-order valence-electron chi connectivity index (χ0n) is 17.7. The minimum absolute atomic E-state index is 0.319. The van der Waals surface area contributed by atoms with E-state index in [-0.39, 0.29) is 0 Å². The molecule has 4 rings (SSSR count). The second-order valence-electron chi connectivity index (χ2n) is 7.96. The van der Waals surface area contributed by atoms with Crippen LogP contribution in [0.3, 0.4) is 0 Å². The quantitative estimate of drug-likeness (QED) is 0.421. The van der Waals surface area contributed by atoms with Gasteiger partial charge in [0.15, 0.2) is 0 Å². The third-order valence-electron chi connectivity index (χ3n) is 5.34. The predicted octanol–water partition coefficient (Wildman–Crippen LogP) is 4.99. The largest absolute Gasteiger partial charge is 0.253 e. The van der Waals surface area contributed by atoms with E-state index in [4.69, 9.17) is 0 Å². The van der Waals surface area contributed by atoms with Crippen molar-refractivity contribution in [1.82, 2.24) is 9.29 Å². The zero-order valence-corrected chi connectivity index (χ0v) is 19.3.